The fraction of sp³-hybridized carbons (Fsp3) is 0.200. The fourth-order valence-corrected chi connectivity index (χ4v) is 3.68. The zero-order valence-corrected chi connectivity index (χ0v) is 15.1. The minimum Gasteiger partial charge on any atom is -0.326 e. The molecular weight excluding hydrogens is 360 g/mol. The first-order chi connectivity index (χ1) is 13.4. The number of carbonyl (C=O) groups excluding carboxylic acids is 4. The van der Waals surface area contributed by atoms with E-state index in [1.165, 1.54) is 11.8 Å². The molecule has 3 N–H and O–H groups in total. The average Bonchev–Trinajstić information content (AvgIpc) is 2.99. The van der Waals surface area contributed by atoms with Gasteiger partial charge in [-0.1, -0.05) is 18.2 Å². The molecule has 1 unspecified atom stereocenters. The molecule has 2 aliphatic heterocycles. The maximum absolute atomic E-state index is 13.2. The van der Waals surface area contributed by atoms with Crippen molar-refractivity contribution < 1.29 is 19.2 Å². The Bertz CT molecular complexity index is 1020. The Morgan fingerprint density at radius 2 is 1.75 bits per heavy atom. The molecule has 28 heavy (non-hydrogen) atoms. The zero-order chi connectivity index (χ0) is 19.9. The van der Waals surface area contributed by atoms with Crippen LogP contribution in [-0.4, -0.2) is 29.3 Å². The van der Waals surface area contributed by atoms with Crippen LogP contribution in [0.1, 0.15) is 30.1 Å². The maximum atomic E-state index is 13.2. The van der Waals surface area contributed by atoms with Gasteiger partial charge in [-0.05, 0) is 30.3 Å². The summed E-state index contributed by atoms with van der Waals surface area (Å²) >= 11 is 0. The molecule has 4 amide bonds. The van der Waals surface area contributed by atoms with Gasteiger partial charge < -0.3 is 16.0 Å². The van der Waals surface area contributed by atoms with Crippen molar-refractivity contribution in [3.63, 3.8) is 0 Å². The van der Waals surface area contributed by atoms with Crippen molar-refractivity contribution >= 4 is 40.7 Å². The topological polar surface area (TPSA) is 108 Å². The second-order valence-corrected chi connectivity index (χ2v) is 6.78. The Morgan fingerprint density at radius 1 is 1.04 bits per heavy atom. The van der Waals surface area contributed by atoms with Crippen LogP contribution < -0.4 is 20.9 Å². The molecule has 2 aliphatic rings. The summed E-state index contributed by atoms with van der Waals surface area (Å²) in [4.78, 5) is 51.0. The summed E-state index contributed by atoms with van der Waals surface area (Å²) in [7, 11) is 0. The highest BCUT2D eigenvalue weighted by Gasteiger charge is 2.56. The van der Waals surface area contributed by atoms with E-state index in [-0.39, 0.29) is 24.7 Å². The summed E-state index contributed by atoms with van der Waals surface area (Å²) in [6.07, 6.45) is 0.317. The zero-order valence-electron chi connectivity index (χ0n) is 15.1. The fourth-order valence-electron chi connectivity index (χ4n) is 3.68. The molecule has 2 heterocycles. The van der Waals surface area contributed by atoms with E-state index in [0.717, 1.165) is 0 Å². The lowest BCUT2D eigenvalue weighted by atomic mass is 9.98. The summed E-state index contributed by atoms with van der Waals surface area (Å²) in [5, 5.41) is 8.14. The molecule has 0 aliphatic carbocycles. The van der Waals surface area contributed by atoms with Gasteiger partial charge in [-0.15, -0.1) is 0 Å². The number of hydrogen-bond acceptors (Lipinski definition) is 4. The van der Waals surface area contributed by atoms with Gasteiger partial charge in [-0.2, -0.15) is 0 Å². The minimum absolute atomic E-state index is 0.147. The Kier molecular flexibility index (Phi) is 4.11. The predicted molar refractivity (Wildman–Crippen MR) is 103 cm³/mol. The van der Waals surface area contributed by atoms with Gasteiger partial charge in [0.25, 0.3) is 11.8 Å². The van der Waals surface area contributed by atoms with Crippen LogP contribution in [0.4, 0.5) is 17.1 Å². The highest BCUT2D eigenvalue weighted by molar-refractivity contribution is 6.18. The summed E-state index contributed by atoms with van der Waals surface area (Å²) < 4.78 is 0. The minimum atomic E-state index is -1.48. The monoisotopic (exact) mass is 378 g/mol. The Balaban J connectivity index is 1.68. The molecule has 1 saturated heterocycles. The molecule has 2 aromatic rings. The summed E-state index contributed by atoms with van der Waals surface area (Å²) in [5.74, 6) is -1.37. The number of nitrogens with zero attached hydrogens (tertiary/aromatic N) is 1. The Morgan fingerprint density at radius 3 is 2.50 bits per heavy atom. The van der Waals surface area contributed by atoms with Crippen molar-refractivity contribution in [3.05, 3.63) is 54.1 Å². The molecule has 0 spiro atoms. The number of benzene rings is 2. The molecule has 4 rings (SSSR count). The van der Waals surface area contributed by atoms with Gasteiger partial charge in [-0.3, -0.25) is 24.1 Å². The predicted octanol–water partition coefficient (Wildman–Crippen LogP) is 1.85. The number of rotatable bonds is 3. The first-order valence-corrected chi connectivity index (χ1v) is 8.84. The van der Waals surface area contributed by atoms with Crippen LogP contribution in [-0.2, 0) is 14.4 Å². The van der Waals surface area contributed by atoms with Crippen molar-refractivity contribution in [2.45, 2.75) is 25.4 Å². The summed E-state index contributed by atoms with van der Waals surface area (Å²) in [6.45, 7) is 1.39. The lowest BCUT2D eigenvalue weighted by molar-refractivity contribution is -0.124. The van der Waals surface area contributed by atoms with Gasteiger partial charge in [0.1, 0.15) is 0 Å². The molecule has 8 nitrogen and oxygen atoms in total. The summed E-state index contributed by atoms with van der Waals surface area (Å²) in [6, 6.07) is 13.4. The smallest absolute Gasteiger partial charge is 0.271 e. The van der Waals surface area contributed by atoms with E-state index in [1.807, 2.05) is 0 Å². The first kappa shape index (κ1) is 17.7. The van der Waals surface area contributed by atoms with Crippen LogP contribution >= 0.6 is 0 Å². The van der Waals surface area contributed by atoms with E-state index in [9.17, 15) is 19.2 Å². The average molecular weight is 378 g/mol. The van der Waals surface area contributed by atoms with Crippen LogP contribution in [0.15, 0.2) is 48.5 Å². The van der Waals surface area contributed by atoms with Crippen LogP contribution in [0.3, 0.4) is 0 Å². The van der Waals surface area contributed by atoms with Gasteiger partial charge in [0.05, 0.1) is 11.3 Å². The molecule has 142 valence electrons. The number of amides is 4. The third-order valence-corrected chi connectivity index (χ3v) is 4.86. The number of nitrogens with one attached hydrogen (secondary N) is 3. The molecule has 2 aromatic carbocycles. The van der Waals surface area contributed by atoms with E-state index in [4.69, 9.17) is 0 Å². The van der Waals surface area contributed by atoms with Crippen molar-refractivity contribution in [1.82, 2.24) is 5.32 Å². The Hall–Kier alpha value is -3.68. The molecular formula is C20H18N4O4. The van der Waals surface area contributed by atoms with Gasteiger partial charge in [0.2, 0.25) is 17.5 Å². The lowest BCUT2D eigenvalue weighted by Gasteiger charge is -2.41. The molecule has 1 atom stereocenters. The molecule has 0 saturated carbocycles. The van der Waals surface area contributed by atoms with Gasteiger partial charge in [-0.25, -0.2) is 0 Å². The second-order valence-electron chi connectivity index (χ2n) is 6.78. The number of carbonyl (C=O) groups is 4. The standard InChI is InChI=1S/C20H18N4O4/c1-12(25)21-13-5-4-6-14(11-13)22-19(28)20-10-9-17(26)24(20)16-8-3-2-7-15(16)18(27)23-20/h2-8,11H,9-10H2,1H3,(H,21,25)(H,22,28)(H,23,27). The van der Waals surface area contributed by atoms with Crippen LogP contribution in [0.5, 0.6) is 0 Å². The van der Waals surface area contributed by atoms with Gasteiger partial charge in [0.15, 0.2) is 0 Å². The summed E-state index contributed by atoms with van der Waals surface area (Å²) in [5.41, 5.74) is 0.273. The van der Waals surface area contributed by atoms with Crippen LogP contribution in [0, 0.1) is 0 Å². The van der Waals surface area contributed by atoms with Crippen molar-refractivity contribution in [1.29, 1.82) is 0 Å². The third-order valence-electron chi connectivity index (χ3n) is 4.86. The SMILES string of the molecule is CC(=O)Nc1cccc(NC(=O)C23CCC(=O)N2c2ccccc2C(=O)N3)c1. The van der Waals surface area contributed by atoms with Crippen LogP contribution in [0.25, 0.3) is 0 Å². The van der Waals surface area contributed by atoms with Gasteiger partial charge in [0, 0.05) is 31.1 Å². The molecule has 1 fully saturated rings. The maximum Gasteiger partial charge on any atom is 0.271 e. The number of anilines is 3. The highest BCUT2D eigenvalue weighted by atomic mass is 16.2. The molecule has 0 bridgehead atoms. The normalized spacial score (nSPS) is 20.1. The second kappa shape index (κ2) is 6.49. The third kappa shape index (κ3) is 2.79. The first-order valence-electron chi connectivity index (χ1n) is 8.84. The van der Waals surface area contributed by atoms with E-state index < -0.39 is 17.5 Å². The van der Waals surface area contributed by atoms with Crippen molar-refractivity contribution in [3.8, 4) is 0 Å². The molecule has 0 aromatic heterocycles. The number of hydrogen-bond donors (Lipinski definition) is 3. The Labute approximate surface area is 160 Å². The van der Waals surface area contributed by atoms with E-state index in [2.05, 4.69) is 16.0 Å². The largest absolute Gasteiger partial charge is 0.326 e. The highest BCUT2D eigenvalue weighted by Crippen LogP contribution is 2.39. The molecule has 0 radical (unpaired) electrons. The number of para-hydroxylation sites is 1. The van der Waals surface area contributed by atoms with Crippen molar-refractivity contribution in [2.75, 3.05) is 15.5 Å². The van der Waals surface area contributed by atoms with E-state index in [0.29, 0.717) is 22.6 Å². The number of fused-ring (bicyclic) bond motifs is 3. The molecule has 8 heteroatoms. The quantitative estimate of drug-likeness (QED) is 0.757. The van der Waals surface area contributed by atoms with Crippen LogP contribution in [0.2, 0.25) is 0 Å². The van der Waals surface area contributed by atoms with Gasteiger partial charge >= 0.3 is 0 Å². The lowest BCUT2D eigenvalue weighted by Crippen LogP contribution is -2.68. The van der Waals surface area contributed by atoms with Crippen molar-refractivity contribution in [2.24, 2.45) is 0 Å². The van der Waals surface area contributed by atoms with E-state index in [1.54, 1.807) is 48.5 Å². The van der Waals surface area contributed by atoms with E-state index >= 15 is 0 Å².